The Morgan fingerprint density at radius 2 is 1.24 bits per heavy atom. The first-order valence-corrected chi connectivity index (χ1v) is 7.22. The van der Waals surface area contributed by atoms with E-state index in [4.69, 9.17) is 0 Å². The van der Waals surface area contributed by atoms with Crippen LogP contribution in [0.4, 0.5) is 32.0 Å². The summed E-state index contributed by atoms with van der Waals surface area (Å²) in [4.78, 5) is 8.50. The van der Waals surface area contributed by atoms with Crippen LogP contribution >= 0.6 is 0 Å². The second kappa shape index (κ2) is 6.53. The van der Waals surface area contributed by atoms with Crippen LogP contribution in [-0.4, -0.2) is 9.97 Å². The van der Waals surface area contributed by atoms with Gasteiger partial charge in [0.25, 0.3) is 0 Å². The zero-order valence-corrected chi connectivity index (χ0v) is 13.6. The molecule has 0 atom stereocenters. The third-order valence-electron chi connectivity index (χ3n) is 3.63. The van der Waals surface area contributed by atoms with E-state index in [1.807, 2.05) is 0 Å². The highest BCUT2D eigenvalue weighted by atomic mass is 19.4. The molecule has 25 heavy (non-hydrogen) atoms. The largest absolute Gasteiger partial charge is 0.416 e. The minimum atomic E-state index is -4.88. The molecular weight excluding hydrogens is 348 g/mol. The molecule has 2 aromatic rings. The van der Waals surface area contributed by atoms with E-state index >= 15 is 0 Å². The minimum absolute atomic E-state index is 0.0431. The Labute approximate surface area is 140 Å². The van der Waals surface area contributed by atoms with Crippen LogP contribution in [0.15, 0.2) is 18.2 Å². The van der Waals surface area contributed by atoms with Crippen LogP contribution in [0.2, 0.25) is 0 Å². The van der Waals surface area contributed by atoms with E-state index in [9.17, 15) is 26.3 Å². The second-order valence-electron chi connectivity index (χ2n) is 5.57. The summed E-state index contributed by atoms with van der Waals surface area (Å²) >= 11 is 0. The number of anilines is 1. The van der Waals surface area contributed by atoms with Crippen molar-refractivity contribution >= 4 is 5.69 Å². The summed E-state index contributed by atoms with van der Waals surface area (Å²) in [6, 6.07) is 1.37. The molecule has 1 aromatic carbocycles. The predicted molar refractivity (Wildman–Crippen MR) is 80.0 cm³/mol. The van der Waals surface area contributed by atoms with Gasteiger partial charge in [0.1, 0.15) is 0 Å². The zero-order chi connectivity index (χ0) is 19.0. The molecule has 0 unspecified atom stereocenters. The molecule has 3 nitrogen and oxygen atoms in total. The Morgan fingerprint density at radius 3 is 1.72 bits per heavy atom. The fourth-order valence-corrected chi connectivity index (χ4v) is 2.17. The molecular formula is C16H15F6N3. The van der Waals surface area contributed by atoms with Crippen molar-refractivity contribution < 1.29 is 26.3 Å². The molecule has 2 rings (SSSR count). The van der Waals surface area contributed by atoms with Crippen molar-refractivity contribution in [1.29, 1.82) is 0 Å². The number of alkyl halides is 6. The highest BCUT2D eigenvalue weighted by Crippen LogP contribution is 2.37. The van der Waals surface area contributed by atoms with Gasteiger partial charge in [0.2, 0.25) is 0 Å². The molecule has 0 spiro atoms. The van der Waals surface area contributed by atoms with Gasteiger partial charge >= 0.3 is 12.4 Å². The van der Waals surface area contributed by atoms with Gasteiger partial charge in [0, 0.05) is 5.69 Å². The summed E-state index contributed by atoms with van der Waals surface area (Å²) in [5.74, 6) is 0. The van der Waals surface area contributed by atoms with E-state index < -0.39 is 23.5 Å². The third kappa shape index (κ3) is 4.61. The van der Waals surface area contributed by atoms with Crippen LogP contribution in [0.25, 0.3) is 0 Å². The minimum Gasteiger partial charge on any atom is -0.379 e. The summed E-state index contributed by atoms with van der Waals surface area (Å²) in [5.41, 5.74) is -0.670. The molecule has 0 radical (unpaired) electrons. The van der Waals surface area contributed by atoms with Gasteiger partial charge in [0.15, 0.2) is 0 Å². The summed E-state index contributed by atoms with van der Waals surface area (Å²) in [6.07, 6.45) is -9.76. The van der Waals surface area contributed by atoms with Crippen molar-refractivity contribution in [2.24, 2.45) is 0 Å². The predicted octanol–water partition coefficient (Wildman–Crippen LogP) is 5.05. The highest BCUT2D eigenvalue weighted by molar-refractivity contribution is 5.50. The number of nitrogens with zero attached hydrogens (tertiary/aromatic N) is 2. The molecule has 0 aliphatic carbocycles. The van der Waals surface area contributed by atoms with Crippen LogP contribution in [-0.2, 0) is 18.9 Å². The number of hydrogen-bond acceptors (Lipinski definition) is 3. The Kier molecular flexibility index (Phi) is 4.97. The van der Waals surface area contributed by atoms with Gasteiger partial charge in [-0.15, -0.1) is 0 Å². The SMILES string of the molecule is Cc1nc(C)c(CNc2cc(C(F)(F)F)cc(C(F)(F)F)c2)nc1C. The maximum absolute atomic E-state index is 12.8. The van der Waals surface area contributed by atoms with Gasteiger partial charge in [-0.05, 0) is 39.0 Å². The topological polar surface area (TPSA) is 37.8 Å². The molecule has 9 heteroatoms. The van der Waals surface area contributed by atoms with Gasteiger partial charge in [-0.2, -0.15) is 26.3 Å². The maximum atomic E-state index is 12.8. The molecule has 136 valence electrons. The molecule has 1 N–H and O–H groups in total. The fraction of sp³-hybridized carbons (Fsp3) is 0.375. The molecule has 0 fully saturated rings. The quantitative estimate of drug-likeness (QED) is 0.776. The van der Waals surface area contributed by atoms with Gasteiger partial charge in [-0.25, -0.2) is 0 Å². The summed E-state index contributed by atoms with van der Waals surface area (Å²) in [7, 11) is 0. The number of hydrogen-bond donors (Lipinski definition) is 1. The lowest BCUT2D eigenvalue weighted by atomic mass is 10.1. The lowest BCUT2D eigenvalue weighted by Crippen LogP contribution is -2.13. The van der Waals surface area contributed by atoms with Gasteiger partial charge in [0.05, 0.1) is 40.4 Å². The van der Waals surface area contributed by atoms with Gasteiger partial charge in [-0.1, -0.05) is 0 Å². The first-order valence-electron chi connectivity index (χ1n) is 7.22. The summed E-state index contributed by atoms with van der Waals surface area (Å²) in [5, 5.41) is 2.57. The van der Waals surface area contributed by atoms with Crippen molar-refractivity contribution in [2.75, 3.05) is 5.32 Å². The number of aromatic nitrogens is 2. The van der Waals surface area contributed by atoms with E-state index in [1.165, 1.54) is 0 Å². The molecule has 0 aliphatic heterocycles. The Hall–Kier alpha value is -2.32. The van der Waals surface area contributed by atoms with Crippen molar-refractivity contribution in [3.63, 3.8) is 0 Å². The van der Waals surface area contributed by atoms with E-state index in [2.05, 4.69) is 15.3 Å². The van der Waals surface area contributed by atoms with Crippen molar-refractivity contribution in [3.8, 4) is 0 Å². The smallest absolute Gasteiger partial charge is 0.379 e. The van der Waals surface area contributed by atoms with Gasteiger partial charge in [-0.3, -0.25) is 9.97 Å². The van der Waals surface area contributed by atoms with Crippen LogP contribution in [0.5, 0.6) is 0 Å². The average Bonchev–Trinajstić information content (AvgIpc) is 2.47. The molecule has 1 heterocycles. The van der Waals surface area contributed by atoms with E-state index in [-0.39, 0.29) is 18.3 Å². The van der Waals surface area contributed by atoms with E-state index in [1.54, 1.807) is 20.8 Å². The standard InChI is InChI=1S/C16H15F6N3/c1-8-9(2)25-14(10(3)24-8)7-23-13-5-11(15(17,18)19)4-12(6-13)16(20,21)22/h4-6,23H,7H2,1-3H3. The molecule has 0 bridgehead atoms. The summed E-state index contributed by atoms with van der Waals surface area (Å²) < 4.78 is 77.1. The van der Waals surface area contributed by atoms with E-state index in [0.29, 0.717) is 34.9 Å². The number of aryl methyl sites for hydroxylation is 3. The van der Waals surface area contributed by atoms with Crippen LogP contribution < -0.4 is 5.32 Å². The lowest BCUT2D eigenvalue weighted by Gasteiger charge is -2.16. The maximum Gasteiger partial charge on any atom is 0.416 e. The third-order valence-corrected chi connectivity index (χ3v) is 3.63. The van der Waals surface area contributed by atoms with Crippen LogP contribution in [0.3, 0.4) is 0 Å². The Bertz CT molecular complexity index is 748. The summed E-state index contributed by atoms with van der Waals surface area (Å²) in [6.45, 7) is 5.11. The fourth-order valence-electron chi connectivity index (χ4n) is 2.17. The van der Waals surface area contributed by atoms with Crippen molar-refractivity contribution in [3.05, 3.63) is 52.1 Å². The lowest BCUT2D eigenvalue weighted by molar-refractivity contribution is -0.143. The van der Waals surface area contributed by atoms with Crippen molar-refractivity contribution in [2.45, 2.75) is 39.7 Å². The Morgan fingerprint density at radius 1 is 0.760 bits per heavy atom. The average molecular weight is 363 g/mol. The molecule has 0 saturated heterocycles. The van der Waals surface area contributed by atoms with Gasteiger partial charge < -0.3 is 5.32 Å². The van der Waals surface area contributed by atoms with Crippen LogP contribution in [0.1, 0.15) is 33.9 Å². The van der Waals surface area contributed by atoms with Crippen molar-refractivity contribution in [1.82, 2.24) is 9.97 Å². The number of halogens is 6. The monoisotopic (exact) mass is 363 g/mol. The Balaban J connectivity index is 2.35. The van der Waals surface area contributed by atoms with E-state index in [0.717, 1.165) is 0 Å². The zero-order valence-electron chi connectivity index (χ0n) is 13.6. The number of rotatable bonds is 3. The molecule has 0 amide bonds. The first-order chi connectivity index (χ1) is 11.4. The first kappa shape index (κ1) is 19.0. The number of nitrogens with one attached hydrogen (secondary N) is 1. The second-order valence-corrected chi connectivity index (χ2v) is 5.57. The molecule has 0 saturated carbocycles. The molecule has 1 aromatic heterocycles. The highest BCUT2D eigenvalue weighted by Gasteiger charge is 2.36. The normalized spacial score (nSPS) is 12.4. The molecule has 0 aliphatic rings. The number of benzene rings is 1. The van der Waals surface area contributed by atoms with Crippen LogP contribution in [0, 0.1) is 20.8 Å².